The van der Waals surface area contributed by atoms with E-state index in [1.54, 1.807) is 0 Å². The van der Waals surface area contributed by atoms with Crippen molar-refractivity contribution in [3.63, 3.8) is 0 Å². The molecule has 2 rings (SSSR count). The van der Waals surface area contributed by atoms with Crippen LogP contribution in [0.2, 0.25) is 5.02 Å². The van der Waals surface area contributed by atoms with Crippen molar-refractivity contribution in [1.29, 1.82) is 0 Å². The van der Waals surface area contributed by atoms with Gasteiger partial charge in [0, 0.05) is 13.0 Å². The number of rotatable bonds is 4. The van der Waals surface area contributed by atoms with Crippen LogP contribution in [-0.4, -0.2) is 19.8 Å². The fourth-order valence-corrected chi connectivity index (χ4v) is 2.19. The highest BCUT2D eigenvalue weighted by Crippen LogP contribution is 2.32. The molecule has 0 spiro atoms. The van der Waals surface area contributed by atoms with Gasteiger partial charge in [0.2, 0.25) is 0 Å². The molecular formula is C12H16Cl2FNO. The van der Waals surface area contributed by atoms with Gasteiger partial charge in [0.25, 0.3) is 0 Å². The molecule has 5 heteroatoms. The normalized spacial score (nSPS) is 13.8. The summed E-state index contributed by atoms with van der Waals surface area (Å²) in [4.78, 5) is 0. The van der Waals surface area contributed by atoms with E-state index in [2.05, 4.69) is 5.32 Å². The largest absolute Gasteiger partial charge is 0.492 e. The second-order valence-electron chi connectivity index (χ2n) is 3.83. The van der Waals surface area contributed by atoms with E-state index < -0.39 is 0 Å². The predicted molar refractivity (Wildman–Crippen MR) is 70.2 cm³/mol. The van der Waals surface area contributed by atoms with E-state index >= 15 is 0 Å². The van der Waals surface area contributed by atoms with Gasteiger partial charge in [-0.05, 0) is 30.2 Å². The molecule has 1 aromatic rings. The van der Waals surface area contributed by atoms with Crippen LogP contribution in [0, 0.1) is 0 Å². The molecule has 0 fully saturated rings. The van der Waals surface area contributed by atoms with Gasteiger partial charge in [0.1, 0.15) is 5.75 Å². The summed E-state index contributed by atoms with van der Waals surface area (Å²) in [5.41, 5.74) is 2.40. The van der Waals surface area contributed by atoms with E-state index in [-0.39, 0.29) is 19.1 Å². The first-order valence-corrected chi connectivity index (χ1v) is 5.90. The maximum Gasteiger partial charge on any atom is 0.138 e. The third-order valence-electron chi connectivity index (χ3n) is 2.71. The van der Waals surface area contributed by atoms with Crippen LogP contribution in [0.4, 0.5) is 4.39 Å². The molecule has 1 aliphatic rings. The fraction of sp³-hybridized carbons (Fsp3) is 0.500. The Morgan fingerprint density at radius 2 is 2.24 bits per heavy atom. The number of fused-ring (bicyclic) bond motifs is 1. The average Bonchev–Trinajstić information content (AvgIpc) is 2.33. The number of benzene rings is 1. The van der Waals surface area contributed by atoms with Crippen molar-refractivity contribution in [2.45, 2.75) is 19.4 Å². The third kappa shape index (κ3) is 3.47. The van der Waals surface area contributed by atoms with Gasteiger partial charge in [-0.2, -0.15) is 0 Å². The van der Waals surface area contributed by atoms with E-state index in [1.807, 2.05) is 12.1 Å². The number of ether oxygens (including phenoxy) is 1. The number of halogens is 3. The van der Waals surface area contributed by atoms with Gasteiger partial charge in [0.15, 0.2) is 0 Å². The minimum absolute atomic E-state index is 0. The molecule has 0 radical (unpaired) electrons. The van der Waals surface area contributed by atoms with Gasteiger partial charge >= 0.3 is 0 Å². The smallest absolute Gasteiger partial charge is 0.138 e. The molecule has 1 aromatic carbocycles. The summed E-state index contributed by atoms with van der Waals surface area (Å²) in [5.74, 6) is 0.677. The molecule has 0 bridgehead atoms. The summed E-state index contributed by atoms with van der Waals surface area (Å²) in [6.45, 7) is 1.83. The molecule has 0 unspecified atom stereocenters. The standard InChI is InChI=1S/C12H15ClFNO.ClH/c13-12-10-4-6-15-8-9(10)2-3-11(12)16-7-1-5-14;/h2-3,15H,1,4-8H2;1H. The minimum atomic E-state index is -0.355. The van der Waals surface area contributed by atoms with E-state index in [9.17, 15) is 4.39 Å². The van der Waals surface area contributed by atoms with Crippen LogP contribution in [0.25, 0.3) is 0 Å². The first-order chi connectivity index (χ1) is 7.83. The van der Waals surface area contributed by atoms with Crippen molar-refractivity contribution in [1.82, 2.24) is 5.32 Å². The van der Waals surface area contributed by atoms with Crippen LogP contribution in [0.5, 0.6) is 5.75 Å². The van der Waals surface area contributed by atoms with Crippen LogP contribution in [-0.2, 0) is 13.0 Å². The van der Waals surface area contributed by atoms with Crippen molar-refractivity contribution in [3.8, 4) is 5.75 Å². The molecule has 96 valence electrons. The van der Waals surface area contributed by atoms with Crippen molar-refractivity contribution in [2.75, 3.05) is 19.8 Å². The molecule has 0 aromatic heterocycles. The molecule has 2 nitrogen and oxygen atoms in total. The number of hydrogen-bond donors (Lipinski definition) is 1. The van der Waals surface area contributed by atoms with Gasteiger partial charge < -0.3 is 10.1 Å². The molecule has 0 atom stereocenters. The SMILES string of the molecule is Cl.FCCCOc1ccc2c(c1Cl)CCNC2. The minimum Gasteiger partial charge on any atom is -0.492 e. The zero-order valence-electron chi connectivity index (χ0n) is 9.47. The Hall–Kier alpha value is -0.510. The Balaban J connectivity index is 0.00000144. The highest BCUT2D eigenvalue weighted by Gasteiger charge is 2.15. The van der Waals surface area contributed by atoms with Crippen molar-refractivity contribution in [2.24, 2.45) is 0 Å². The second-order valence-corrected chi connectivity index (χ2v) is 4.21. The molecule has 0 amide bonds. The van der Waals surface area contributed by atoms with Gasteiger partial charge in [0.05, 0.1) is 18.3 Å². The maximum absolute atomic E-state index is 11.9. The molecular weight excluding hydrogens is 264 g/mol. The van der Waals surface area contributed by atoms with Crippen LogP contribution in [0.1, 0.15) is 17.5 Å². The topological polar surface area (TPSA) is 21.3 Å². The zero-order valence-corrected chi connectivity index (χ0v) is 11.0. The highest BCUT2D eigenvalue weighted by atomic mass is 35.5. The molecule has 1 N–H and O–H groups in total. The van der Waals surface area contributed by atoms with E-state index in [1.165, 1.54) is 5.56 Å². The summed E-state index contributed by atoms with van der Waals surface area (Å²) in [6.07, 6.45) is 1.34. The molecule has 1 aliphatic heterocycles. The summed E-state index contributed by atoms with van der Waals surface area (Å²) in [5, 5.41) is 3.98. The predicted octanol–water partition coefficient (Wildman–Crippen LogP) is 3.15. The van der Waals surface area contributed by atoms with Crippen molar-refractivity contribution in [3.05, 3.63) is 28.3 Å². The Morgan fingerprint density at radius 3 is 3.00 bits per heavy atom. The molecule has 17 heavy (non-hydrogen) atoms. The summed E-state index contributed by atoms with van der Waals surface area (Å²) in [7, 11) is 0. The van der Waals surface area contributed by atoms with Crippen LogP contribution in [0.3, 0.4) is 0 Å². The Morgan fingerprint density at radius 1 is 1.41 bits per heavy atom. The monoisotopic (exact) mass is 279 g/mol. The second kappa shape index (κ2) is 7.04. The average molecular weight is 280 g/mol. The summed E-state index contributed by atoms with van der Waals surface area (Å²) >= 11 is 6.26. The zero-order chi connectivity index (χ0) is 11.4. The molecule has 0 saturated carbocycles. The van der Waals surface area contributed by atoms with Crippen molar-refractivity contribution < 1.29 is 9.13 Å². The maximum atomic E-state index is 11.9. The van der Waals surface area contributed by atoms with E-state index in [4.69, 9.17) is 16.3 Å². The van der Waals surface area contributed by atoms with Crippen LogP contribution in [0.15, 0.2) is 12.1 Å². The van der Waals surface area contributed by atoms with Gasteiger partial charge in [-0.3, -0.25) is 4.39 Å². The number of nitrogens with one attached hydrogen (secondary N) is 1. The quantitative estimate of drug-likeness (QED) is 0.855. The number of alkyl halides is 1. The third-order valence-corrected chi connectivity index (χ3v) is 3.12. The van der Waals surface area contributed by atoms with E-state index in [0.717, 1.165) is 25.1 Å². The van der Waals surface area contributed by atoms with Gasteiger partial charge in [-0.15, -0.1) is 12.4 Å². The molecule has 0 aliphatic carbocycles. The van der Waals surface area contributed by atoms with Crippen molar-refractivity contribution >= 4 is 24.0 Å². The Labute approximate surface area is 112 Å². The van der Waals surface area contributed by atoms with Gasteiger partial charge in [-0.25, -0.2) is 0 Å². The Bertz CT molecular complexity index is 374. The summed E-state index contributed by atoms with van der Waals surface area (Å²) in [6, 6.07) is 3.89. The van der Waals surface area contributed by atoms with E-state index in [0.29, 0.717) is 23.8 Å². The lowest BCUT2D eigenvalue weighted by molar-refractivity contribution is 0.289. The summed E-state index contributed by atoms with van der Waals surface area (Å²) < 4.78 is 17.4. The highest BCUT2D eigenvalue weighted by molar-refractivity contribution is 6.33. The first kappa shape index (κ1) is 14.6. The number of hydrogen-bond acceptors (Lipinski definition) is 2. The molecule has 1 heterocycles. The lowest BCUT2D eigenvalue weighted by atomic mass is 10.0. The molecule has 0 saturated heterocycles. The van der Waals surface area contributed by atoms with Crippen LogP contribution < -0.4 is 10.1 Å². The van der Waals surface area contributed by atoms with Crippen LogP contribution >= 0.6 is 24.0 Å². The van der Waals surface area contributed by atoms with Gasteiger partial charge in [-0.1, -0.05) is 17.7 Å². The Kier molecular flexibility index (Phi) is 6.03. The first-order valence-electron chi connectivity index (χ1n) is 5.52. The fourth-order valence-electron chi connectivity index (χ4n) is 1.86. The lowest BCUT2D eigenvalue weighted by Gasteiger charge is -2.20. The lowest BCUT2D eigenvalue weighted by Crippen LogP contribution is -2.23.